The van der Waals surface area contributed by atoms with Crippen molar-refractivity contribution < 1.29 is 23.7 Å². The Labute approximate surface area is 192 Å². The van der Waals surface area contributed by atoms with E-state index in [1.807, 2.05) is 13.0 Å². The number of nitrogens with zero attached hydrogens (tertiary/aromatic N) is 1. The molecule has 1 aliphatic heterocycles. The first-order valence-electron chi connectivity index (χ1n) is 10.3. The maximum absolute atomic E-state index is 13.1. The standard InChI is InChI=1S/C23H28ClN3O5/c1-14-7-8-16(24)12-18(14)26-23(25-13-17-6-5-9-32-17)27-22(28)15-10-19(29-2)21(31-4)20(11-15)30-3/h7-8,10-12,17H,5-6,9,13H2,1-4H3,(H2,25,26,27,28)/t17-/m0/s1. The molecule has 1 atom stereocenters. The van der Waals surface area contributed by atoms with E-state index in [-0.39, 0.29) is 12.0 Å². The number of hydrogen-bond donors (Lipinski definition) is 2. The number of carbonyl (C=O) groups excluding carboxylic acids is 1. The van der Waals surface area contributed by atoms with Gasteiger partial charge in [-0.15, -0.1) is 0 Å². The summed E-state index contributed by atoms with van der Waals surface area (Å²) in [6.45, 7) is 3.10. The molecule has 2 aromatic rings. The number of hydrogen-bond acceptors (Lipinski definition) is 6. The van der Waals surface area contributed by atoms with Gasteiger partial charge in [-0.3, -0.25) is 10.1 Å². The molecule has 0 aromatic heterocycles. The molecule has 1 heterocycles. The number of anilines is 1. The fourth-order valence-electron chi connectivity index (χ4n) is 3.34. The second-order valence-corrected chi connectivity index (χ2v) is 7.71. The number of carbonyl (C=O) groups is 1. The molecule has 3 rings (SSSR count). The summed E-state index contributed by atoms with van der Waals surface area (Å²) >= 11 is 6.15. The summed E-state index contributed by atoms with van der Waals surface area (Å²) in [5, 5.41) is 6.60. The van der Waals surface area contributed by atoms with Gasteiger partial charge in [0.25, 0.3) is 5.91 Å². The molecule has 1 saturated heterocycles. The molecule has 1 fully saturated rings. The lowest BCUT2D eigenvalue weighted by molar-refractivity contribution is 0.0974. The van der Waals surface area contributed by atoms with Crippen LogP contribution in [0.4, 0.5) is 5.69 Å². The first-order valence-corrected chi connectivity index (χ1v) is 10.6. The van der Waals surface area contributed by atoms with Gasteiger partial charge >= 0.3 is 0 Å². The molecule has 8 nitrogen and oxygen atoms in total. The van der Waals surface area contributed by atoms with Gasteiger partial charge in [0.1, 0.15) is 0 Å². The molecule has 0 aliphatic carbocycles. The van der Waals surface area contributed by atoms with E-state index in [1.165, 1.54) is 21.3 Å². The van der Waals surface area contributed by atoms with Crippen LogP contribution in [0.2, 0.25) is 5.02 Å². The third-order valence-corrected chi connectivity index (χ3v) is 5.32. The van der Waals surface area contributed by atoms with Crippen LogP contribution in [0, 0.1) is 6.92 Å². The van der Waals surface area contributed by atoms with E-state index in [4.69, 9.17) is 30.5 Å². The lowest BCUT2D eigenvalue weighted by Crippen LogP contribution is -2.37. The molecule has 0 saturated carbocycles. The zero-order valence-electron chi connectivity index (χ0n) is 18.7. The number of benzene rings is 2. The molecule has 32 heavy (non-hydrogen) atoms. The van der Waals surface area contributed by atoms with Crippen molar-refractivity contribution in [3.8, 4) is 17.2 Å². The lowest BCUT2D eigenvalue weighted by Gasteiger charge is -2.17. The number of ether oxygens (including phenoxy) is 4. The van der Waals surface area contributed by atoms with Crippen LogP contribution >= 0.6 is 11.6 Å². The van der Waals surface area contributed by atoms with E-state index in [0.29, 0.717) is 40.3 Å². The van der Waals surface area contributed by atoms with Crippen LogP contribution in [0.25, 0.3) is 0 Å². The third kappa shape index (κ3) is 5.83. The van der Waals surface area contributed by atoms with Crippen LogP contribution < -0.4 is 24.8 Å². The minimum absolute atomic E-state index is 0.0327. The molecule has 0 spiro atoms. The predicted octanol–water partition coefficient (Wildman–Crippen LogP) is 4.05. The van der Waals surface area contributed by atoms with Crippen molar-refractivity contribution in [3.05, 3.63) is 46.5 Å². The summed E-state index contributed by atoms with van der Waals surface area (Å²) in [6, 6.07) is 8.64. The van der Waals surface area contributed by atoms with E-state index in [9.17, 15) is 4.79 Å². The lowest BCUT2D eigenvalue weighted by atomic mass is 10.1. The predicted molar refractivity (Wildman–Crippen MR) is 125 cm³/mol. The van der Waals surface area contributed by atoms with Crippen molar-refractivity contribution in [1.29, 1.82) is 0 Å². The number of guanidine groups is 1. The summed E-state index contributed by atoms with van der Waals surface area (Å²) in [5.74, 6) is 1.08. The Morgan fingerprint density at radius 2 is 1.88 bits per heavy atom. The van der Waals surface area contributed by atoms with Crippen LogP contribution in [-0.4, -0.2) is 52.5 Å². The SMILES string of the molecule is COc1cc(C(=O)NC(=NC[C@@H]2CCCO2)Nc2cc(Cl)ccc2C)cc(OC)c1OC. The summed E-state index contributed by atoms with van der Waals surface area (Å²) < 4.78 is 21.7. The molecule has 172 valence electrons. The van der Waals surface area contributed by atoms with Gasteiger partial charge in [-0.25, -0.2) is 4.99 Å². The van der Waals surface area contributed by atoms with Crippen LogP contribution in [-0.2, 0) is 4.74 Å². The van der Waals surface area contributed by atoms with Gasteiger partial charge in [0, 0.05) is 22.9 Å². The molecule has 0 radical (unpaired) electrons. The second kappa shape index (κ2) is 11.1. The minimum Gasteiger partial charge on any atom is -0.493 e. The van der Waals surface area contributed by atoms with E-state index < -0.39 is 0 Å². The fraction of sp³-hybridized carbons (Fsp3) is 0.391. The molecule has 2 N–H and O–H groups in total. The van der Waals surface area contributed by atoms with E-state index in [2.05, 4.69) is 15.6 Å². The van der Waals surface area contributed by atoms with Crippen LogP contribution in [0.3, 0.4) is 0 Å². The highest BCUT2D eigenvalue weighted by atomic mass is 35.5. The van der Waals surface area contributed by atoms with Gasteiger partial charge < -0.3 is 24.3 Å². The second-order valence-electron chi connectivity index (χ2n) is 7.28. The van der Waals surface area contributed by atoms with Crippen molar-refractivity contribution >= 4 is 29.2 Å². The quantitative estimate of drug-likeness (QED) is 0.477. The summed E-state index contributed by atoms with van der Waals surface area (Å²) in [5.41, 5.74) is 2.03. The van der Waals surface area contributed by atoms with E-state index >= 15 is 0 Å². The molecular formula is C23H28ClN3O5. The monoisotopic (exact) mass is 461 g/mol. The number of amides is 1. The normalized spacial score (nSPS) is 15.9. The van der Waals surface area contributed by atoms with Gasteiger partial charge in [-0.2, -0.15) is 0 Å². The summed E-state index contributed by atoms with van der Waals surface area (Å²) in [4.78, 5) is 17.7. The molecule has 1 aliphatic rings. The first kappa shape index (κ1) is 23.7. The minimum atomic E-state index is -0.387. The van der Waals surface area contributed by atoms with Crippen molar-refractivity contribution in [2.24, 2.45) is 4.99 Å². The highest BCUT2D eigenvalue weighted by Gasteiger charge is 2.19. The Morgan fingerprint density at radius 3 is 2.47 bits per heavy atom. The molecule has 2 aromatic carbocycles. The highest BCUT2D eigenvalue weighted by Crippen LogP contribution is 2.38. The van der Waals surface area contributed by atoms with Gasteiger partial charge in [0.05, 0.1) is 34.0 Å². The number of aryl methyl sites for hydroxylation is 1. The van der Waals surface area contributed by atoms with Gasteiger partial charge in [-0.1, -0.05) is 17.7 Å². The highest BCUT2D eigenvalue weighted by molar-refractivity contribution is 6.31. The van der Waals surface area contributed by atoms with Gasteiger partial charge in [0.2, 0.25) is 11.7 Å². The summed E-state index contributed by atoms with van der Waals surface area (Å²) in [6.07, 6.45) is 1.98. The number of methoxy groups -OCH3 is 3. The van der Waals surface area contributed by atoms with Crippen molar-refractivity contribution in [1.82, 2.24) is 5.32 Å². The Morgan fingerprint density at radius 1 is 1.16 bits per heavy atom. The molecule has 1 amide bonds. The average molecular weight is 462 g/mol. The fourth-order valence-corrected chi connectivity index (χ4v) is 3.51. The Kier molecular flexibility index (Phi) is 8.19. The van der Waals surface area contributed by atoms with Crippen LogP contribution in [0.15, 0.2) is 35.3 Å². The zero-order valence-corrected chi connectivity index (χ0v) is 19.4. The maximum Gasteiger partial charge on any atom is 0.258 e. The Bertz CT molecular complexity index is 965. The topological polar surface area (TPSA) is 90.4 Å². The van der Waals surface area contributed by atoms with Crippen LogP contribution in [0.5, 0.6) is 17.2 Å². The third-order valence-electron chi connectivity index (χ3n) is 5.09. The smallest absolute Gasteiger partial charge is 0.258 e. The van der Waals surface area contributed by atoms with E-state index in [0.717, 1.165) is 30.7 Å². The number of aliphatic imine (C=N–C) groups is 1. The average Bonchev–Trinajstić information content (AvgIpc) is 3.32. The number of halogens is 1. The Balaban J connectivity index is 1.87. The molecule has 9 heteroatoms. The molecular weight excluding hydrogens is 434 g/mol. The van der Waals surface area contributed by atoms with Gasteiger partial charge in [-0.05, 0) is 49.6 Å². The zero-order chi connectivity index (χ0) is 23.1. The van der Waals surface area contributed by atoms with Gasteiger partial charge in [0.15, 0.2) is 11.5 Å². The molecule has 0 unspecified atom stereocenters. The molecule has 0 bridgehead atoms. The van der Waals surface area contributed by atoms with Crippen molar-refractivity contribution in [2.45, 2.75) is 25.9 Å². The first-order chi connectivity index (χ1) is 15.4. The maximum atomic E-state index is 13.1. The van der Waals surface area contributed by atoms with E-state index in [1.54, 1.807) is 24.3 Å². The number of nitrogens with one attached hydrogen (secondary N) is 2. The summed E-state index contributed by atoms with van der Waals surface area (Å²) in [7, 11) is 4.50. The van der Waals surface area contributed by atoms with Crippen LogP contribution in [0.1, 0.15) is 28.8 Å². The Hall–Kier alpha value is -2.97. The largest absolute Gasteiger partial charge is 0.493 e. The number of rotatable bonds is 7. The van der Waals surface area contributed by atoms with Crippen molar-refractivity contribution in [3.63, 3.8) is 0 Å². The van der Waals surface area contributed by atoms with Crippen molar-refractivity contribution in [2.75, 3.05) is 39.8 Å².